The first-order chi connectivity index (χ1) is 16.0. The molecule has 33 heavy (non-hydrogen) atoms. The summed E-state index contributed by atoms with van der Waals surface area (Å²) in [4.78, 5) is 21.3. The van der Waals surface area contributed by atoms with E-state index in [1.165, 1.54) is 19.1 Å². The van der Waals surface area contributed by atoms with Crippen molar-refractivity contribution in [3.63, 3.8) is 0 Å². The van der Waals surface area contributed by atoms with Crippen LogP contribution in [0.2, 0.25) is 0 Å². The van der Waals surface area contributed by atoms with Crippen molar-refractivity contribution < 1.29 is 9.18 Å². The number of nitriles is 1. The number of pyridine rings is 1. The van der Waals surface area contributed by atoms with Gasteiger partial charge in [0, 0.05) is 55.4 Å². The summed E-state index contributed by atoms with van der Waals surface area (Å²) in [5, 5.41) is 13.8. The number of benzene rings is 1. The molecule has 3 aromatic rings. The molecule has 0 atom stereocenters. The Hall–Kier alpha value is -3.44. The Balaban J connectivity index is 1.38. The number of rotatable bonds is 5. The predicted molar refractivity (Wildman–Crippen MR) is 126 cm³/mol. The number of anilines is 2. The lowest BCUT2D eigenvalue weighted by Crippen LogP contribution is -2.47. The summed E-state index contributed by atoms with van der Waals surface area (Å²) in [5.74, 6) is 0.474. The maximum absolute atomic E-state index is 13.9. The Labute approximate surface area is 192 Å². The van der Waals surface area contributed by atoms with Gasteiger partial charge in [0.15, 0.2) is 5.78 Å². The number of fused-ring (bicyclic) bond motifs is 1. The van der Waals surface area contributed by atoms with Crippen molar-refractivity contribution >= 4 is 28.3 Å². The molecule has 170 valence electrons. The summed E-state index contributed by atoms with van der Waals surface area (Å²) < 4.78 is 16.0. The molecule has 1 aromatic carbocycles. The molecular formula is C25H27FN6O. The van der Waals surface area contributed by atoms with Crippen molar-refractivity contribution in [2.75, 3.05) is 43.0 Å². The molecule has 2 fully saturated rings. The molecule has 2 aromatic heterocycles. The average molecular weight is 447 g/mol. The summed E-state index contributed by atoms with van der Waals surface area (Å²) in [6.45, 7) is 4.27. The van der Waals surface area contributed by atoms with E-state index < -0.39 is 0 Å². The molecule has 5 rings (SSSR count). The van der Waals surface area contributed by atoms with Gasteiger partial charge in [-0.05, 0) is 57.1 Å². The lowest BCUT2D eigenvalue weighted by Gasteiger charge is -2.38. The topological polar surface area (TPSA) is 77.2 Å². The van der Waals surface area contributed by atoms with Crippen LogP contribution in [0, 0.1) is 17.1 Å². The quantitative estimate of drug-likeness (QED) is 0.605. The van der Waals surface area contributed by atoms with E-state index in [0.717, 1.165) is 29.7 Å². The van der Waals surface area contributed by atoms with Crippen LogP contribution in [0.5, 0.6) is 0 Å². The number of ketones is 1. The summed E-state index contributed by atoms with van der Waals surface area (Å²) in [6.07, 6.45) is 3.99. The van der Waals surface area contributed by atoms with Gasteiger partial charge in [0.25, 0.3) is 0 Å². The maximum Gasteiger partial charge on any atom is 0.161 e. The van der Waals surface area contributed by atoms with Crippen LogP contribution >= 0.6 is 0 Å². The summed E-state index contributed by atoms with van der Waals surface area (Å²) in [6, 6.07) is 11.5. The normalized spacial score (nSPS) is 20.5. The third-order valence-corrected chi connectivity index (χ3v) is 6.98. The molecule has 8 heteroatoms. The Kier molecular flexibility index (Phi) is 5.51. The van der Waals surface area contributed by atoms with Crippen molar-refractivity contribution in [3.05, 3.63) is 53.5 Å². The van der Waals surface area contributed by atoms with E-state index in [0.29, 0.717) is 55.1 Å². The number of hydrogen-bond donors (Lipinski definition) is 1. The molecule has 1 aliphatic carbocycles. The van der Waals surface area contributed by atoms with Crippen molar-refractivity contribution in [1.29, 1.82) is 5.26 Å². The van der Waals surface area contributed by atoms with E-state index in [1.54, 1.807) is 6.07 Å². The Morgan fingerprint density at radius 1 is 1.15 bits per heavy atom. The number of carbonyl (C=O) groups is 1. The van der Waals surface area contributed by atoms with Gasteiger partial charge in [-0.2, -0.15) is 5.26 Å². The predicted octanol–water partition coefficient (Wildman–Crippen LogP) is 3.50. The molecule has 7 nitrogen and oxygen atoms in total. The third-order valence-electron chi connectivity index (χ3n) is 6.98. The van der Waals surface area contributed by atoms with Gasteiger partial charge < -0.3 is 19.7 Å². The Bertz CT molecular complexity index is 1250. The largest absolute Gasteiger partial charge is 0.367 e. The van der Waals surface area contributed by atoms with Crippen LogP contribution in [0.25, 0.3) is 11.0 Å². The lowest BCUT2D eigenvalue weighted by atomic mass is 9.87. The molecule has 1 N–H and O–H groups in total. The highest BCUT2D eigenvalue weighted by Crippen LogP contribution is 2.36. The fraction of sp³-hybridized carbons (Fsp3) is 0.400. The van der Waals surface area contributed by atoms with E-state index in [1.807, 2.05) is 25.4 Å². The van der Waals surface area contributed by atoms with Gasteiger partial charge in [-0.3, -0.25) is 4.79 Å². The van der Waals surface area contributed by atoms with Crippen LogP contribution in [-0.4, -0.2) is 54.6 Å². The highest BCUT2D eigenvalue weighted by Gasteiger charge is 2.31. The number of nitrogens with one attached hydrogen (secondary N) is 1. The number of carbonyl (C=O) groups excluding carboxylic acids is 1. The van der Waals surface area contributed by atoms with Gasteiger partial charge in [0.2, 0.25) is 0 Å². The third kappa shape index (κ3) is 3.83. The maximum atomic E-state index is 13.9. The second kappa shape index (κ2) is 8.49. The SMILES string of the molecule is CNC1CC(n2cc(C#N)c3ccc(N4CCN(c5cc(F)ccc5C(C)=O)CC4)nc32)C1. The fourth-order valence-corrected chi connectivity index (χ4v) is 4.95. The van der Waals surface area contributed by atoms with Crippen LogP contribution in [0.3, 0.4) is 0 Å². The number of halogens is 1. The average Bonchev–Trinajstić information content (AvgIpc) is 3.16. The van der Waals surface area contributed by atoms with E-state index in [4.69, 9.17) is 4.98 Å². The van der Waals surface area contributed by atoms with E-state index in [2.05, 4.69) is 25.8 Å². The fourth-order valence-electron chi connectivity index (χ4n) is 4.95. The zero-order valence-corrected chi connectivity index (χ0v) is 18.9. The first kappa shape index (κ1) is 21.4. The van der Waals surface area contributed by atoms with Crippen molar-refractivity contribution in [3.8, 4) is 6.07 Å². The Morgan fingerprint density at radius 3 is 2.55 bits per heavy atom. The number of hydrogen-bond acceptors (Lipinski definition) is 6. The van der Waals surface area contributed by atoms with Crippen molar-refractivity contribution in [2.24, 2.45) is 0 Å². The van der Waals surface area contributed by atoms with Gasteiger partial charge in [0.1, 0.15) is 23.4 Å². The van der Waals surface area contributed by atoms with Crippen LogP contribution in [0.1, 0.15) is 41.7 Å². The molecule has 0 bridgehead atoms. The Morgan fingerprint density at radius 2 is 1.88 bits per heavy atom. The summed E-state index contributed by atoms with van der Waals surface area (Å²) in [5.41, 5.74) is 2.72. The second-order valence-corrected chi connectivity index (χ2v) is 8.91. The van der Waals surface area contributed by atoms with Gasteiger partial charge in [-0.25, -0.2) is 9.37 Å². The minimum atomic E-state index is -0.338. The molecule has 1 aliphatic heterocycles. The molecule has 2 aliphatic rings. The van der Waals surface area contributed by atoms with Gasteiger partial charge in [-0.1, -0.05) is 0 Å². The smallest absolute Gasteiger partial charge is 0.161 e. The molecule has 1 saturated heterocycles. The minimum absolute atomic E-state index is 0.0647. The standard InChI is InChI=1S/C25H27FN6O/c1-16(33)21-4-3-18(26)11-23(21)30-7-9-31(10-8-30)24-6-5-22-17(14-27)15-32(25(22)29-24)20-12-19(13-20)28-2/h3-6,11,15,19-20,28H,7-10,12-13H2,1-2H3. The second-order valence-electron chi connectivity index (χ2n) is 8.91. The van der Waals surface area contributed by atoms with E-state index >= 15 is 0 Å². The zero-order chi connectivity index (χ0) is 23.1. The summed E-state index contributed by atoms with van der Waals surface area (Å²) >= 11 is 0. The van der Waals surface area contributed by atoms with Crippen LogP contribution in [-0.2, 0) is 0 Å². The zero-order valence-electron chi connectivity index (χ0n) is 18.9. The number of Topliss-reactive ketones (excluding diaryl/α,β-unsaturated/α-hetero) is 1. The molecule has 1 saturated carbocycles. The molecule has 0 radical (unpaired) electrons. The first-order valence-electron chi connectivity index (χ1n) is 11.4. The van der Waals surface area contributed by atoms with Crippen molar-refractivity contribution in [1.82, 2.24) is 14.9 Å². The van der Waals surface area contributed by atoms with Gasteiger partial charge in [-0.15, -0.1) is 0 Å². The first-order valence-corrected chi connectivity index (χ1v) is 11.4. The highest BCUT2D eigenvalue weighted by atomic mass is 19.1. The van der Waals surface area contributed by atoms with Crippen LogP contribution in [0.4, 0.5) is 15.9 Å². The minimum Gasteiger partial charge on any atom is -0.367 e. The van der Waals surface area contributed by atoms with Gasteiger partial charge in [0.05, 0.1) is 11.3 Å². The highest BCUT2D eigenvalue weighted by molar-refractivity contribution is 5.99. The number of nitrogens with zero attached hydrogens (tertiary/aromatic N) is 5. The number of aromatic nitrogens is 2. The monoisotopic (exact) mass is 446 g/mol. The lowest BCUT2D eigenvalue weighted by molar-refractivity contribution is 0.101. The molecule has 0 unspecified atom stereocenters. The number of piperazine rings is 1. The molecule has 3 heterocycles. The van der Waals surface area contributed by atoms with Crippen molar-refractivity contribution in [2.45, 2.75) is 31.8 Å². The van der Waals surface area contributed by atoms with Crippen LogP contribution < -0.4 is 15.1 Å². The van der Waals surface area contributed by atoms with E-state index in [9.17, 15) is 14.4 Å². The molecule has 0 amide bonds. The summed E-state index contributed by atoms with van der Waals surface area (Å²) in [7, 11) is 1.98. The van der Waals surface area contributed by atoms with E-state index in [-0.39, 0.29) is 11.6 Å². The van der Waals surface area contributed by atoms with Gasteiger partial charge >= 0.3 is 0 Å². The molecular weight excluding hydrogens is 419 g/mol. The van der Waals surface area contributed by atoms with Crippen LogP contribution in [0.15, 0.2) is 36.5 Å². The molecule has 0 spiro atoms.